The lowest BCUT2D eigenvalue weighted by molar-refractivity contribution is -0.120. The Morgan fingerprint density at radius 2 is 1.96 bits per heavy atom. The minimum Gasteiger partial charge on any atom is -0.497 e. The van der Waals surface area contributed by atoms with Crippen LogP contribution in [0.5, 0.6) is 5.75 Å². The average Bonchev–Trinajstić information content (AvgIpc) is 3.16. The van der Waals surface area contributed by atoms with Gasteiger partial charge < -0.3 is 9.72 Å². The van der Waals surface area contributed by atoms with Crippen LogP contribution in [0, 0.1) is 0 Å². The number of hydrogen-bond acceptors (Lipinski definition) is 3. The van der Waals surface area contributed by atoms with Crippen molar-refractivity contribution in [3.8, 4) is 5.75 Å². The molecule has 5 nitrogen and oxygen atoms in total. The Hall–Kier alpha value is -3.34. The lowest BCUT2D eigenvalue weighted by atomic mass is 10.1. The van der Waals surface area contributed by atoms with E-state index in [0.717, 1.165) is 16.5 Å². The number of ether oxygens (including phenoxy) is 1. The zero-order valence-electron chi connectivity index (χ0n) is 13.7. The maximum atomic E-state index is 12.8. The van der Waals surface area contributed by atoms with Crippen molar-refractivity contribution in [1.82, 2.24) is 4.98 Å². The third kappa shape index (κ3) is 2.59. The van der Waals surface area contributed by atoms with Crippen molar-refractivity contribution in [1.29, 1.82) is 0 Å². The fraction of sp³-hybridized carbons (Fsp3) is 0.100. The van der Waals surface area contributed by atoms with Crippen molar-refractivity contribution in [3.63, 3.8) is 0 Å². The zero-order chi connectivity index (χ0) is 17.4. The van der Waals surface area contributed by atoms with Gasteiger partial charge in [-0.2, -0.15) is 0 Å². The average molecular weight is 332 g/mol. The molecule has 0 radical (unpaired) electrons. The van der Waals surface area contributed by atoms with Crippen LogP contribution in [0.15, 0.2) is 60.3 Å². The van der Waals surface area contributed by atoms with Crippen LogP contribution in [-0.4, -0.2) is 23.9 Å². The number of amides is 2. The van der Waals surface area contributed by atoms with Gasteiger partial charge in [0.05, 0.1) is 19.2 Å². The second kappa shape index (κ2) is 5.94. The predicted molar refractivity (Wildman–Crippen MR) is 96.4 cm³/mol. The molecule has 1 fully saturated rings. The normalized spacial score (nSPS) is 16.2. The quantitative estimate of drug-likeness (QED) is 0.589. The van der Waals surface area contributed by atoms with Gasteiger partial charge >= 0.3 is 0 Å². The third-order valence-electron chi connectivity index (χ3n) is 4.33. The molecule has 0 spiro atoms. The van der Waals surface area contributed by atoms with Gasteiger partial charge in [-0.15, -0.1) is 0 Å². The van der Waals surface area contributed by atoms with E-state index in [0.29, 0.717) is 17.0 Å². The summed E-state index contributed by atoms with van der Waals surface area (Å²) < 4.78 is 5.18. The highest BCUT2D eigenvalue weighted by Gasteiger charge is 2.35. The van der Waals surface area contributed by atoms with Crippen molar-refractivity contribution < 1.29 is 14.3 Å². The summed E-state index contributed by atoms with van der Waals surface area (Å²) >= 11 is 0. The molecule has 1 saturated heterocycles. The molecule has 124 valence electrons. The van der Waals surface area contributed by atoms with Crippen molar-refractivity contribution in [2.24, 2.45) is 0 Å². The van der Waals surface area contributed by atoms with Gasteiger partial charge in [-0.1, -0.05) is 24.3 Å². The molecule has 25 heavy (non-hydrogen) atoms. The minimum atomic E-state index is -0.288. The number of imide groups is 1. The summed E-state index contributed by atoms with van der Waals surface area (Å²) in [6, 6.07) is 14.8. The summed E-state index contributed by atoms with van der Waals surface area (Å²) in [6.45, 7) is 0. The fourth-order valence-corrected chi connectivity index (χ4v) is 3.10. The molecule has 0 atom stereocenters. The Balaban J connectivity index is 1.71. The number of rotatable bonds is 3. The molecule has 5 heteroatoms. The van der Waals surface area contributed by atoms with Crippen LogP contribution in [0.3, 0.4) is 0 Å². The third-order valence-corrected chi connectivity index (χ3v) is 4.33. The predicted octanol–water partition coefficient (Wildman–Crippen LogP) is 3.52. The van der Waals surface area contributed by atoms with Gasteiger partial charge in [0.25, 0.3) is 5.91 Å². The molecule has 4 rings (SSSR count). The summed E-state index contributed by atoms with van der Waals surface area (Å²) in [5.41, 5.74) is 2.91. The molecule has 1 aromatic heterocycles. The second-order valence-corrected chi connectivity index (χ2v) is 5.87. The highest BCUT2D eigenvalue weighted by atomic mass is 16.5. The van der Waals surface area contributed by atoms with E-state index < -0.39 is 0 Å². The van der Waals surface area contributed by atoms with Crippen LogP contribution in [0.1, 0.15) is 12.0 Å². The largest absolute Gasteiger partial charge is 0.497 e. The van der Waals surface area contributed by atoms with Gasteiger partial charge in [-0.25, -0.2) is 4.90 Å². The summed E-state index contributed by atoms with van der Waals surface area (Å²) in [7, 11) is 1.55. The van der Waals surface area contributed by atoms with E-state index in [4.69, 9.17) is 4.74 Å². The van der Waals surface area contributed by atoms with E-state index in [-0.39, 0.29) is 18.2 Å². The first-order chi connectivity index (χ1) is 12.2. The molecule has 2 heterocycles. The number of aromatic nitrogens is 1. The molecular weight excluding hydrogens is 316 g/mol. The maximum absolute atomic E-state index is 12.8. The van der Waals surface area contributed by atoms with E-state index in [2.05, 4.69) is 4.98 Å². The van der Waals surface area contributed by atoms with E-state index >= 15 is 0 Å². The van der Waals surface area contributed by atoms with Crippen molar-refractivity contribution >= 4 is 34.5 Å². The monoisotopic (exact) mass is 332 g/mol. The summed E-state index contributed by atoms with van der Waals surface area (Å²) in [5.74, 6) is 0.0834. The van der Waals surface area contributed by atoms with Crippen LogP contribution in [0.2, 0.25) is 0 Å². The number of anilines is 1. The van der Waals surface area contributed by atoms with Crippen LogP contribution < -0.4 is 9.64 Å². The van der Waals surface area contributed by atoms with E-state index in [1.165, 1.54) is 4.90 Å². The van der Waals surface area contributed by atoms with Crippen LogP contribution in [0.25, 0.3) is 17.0 Å². The van der Waals surface area contributed by atoms with Gasteiger partial charge in [0.15, 0.2) is 0 Å². The van der Waals surface area contributed by atoms with Crippen LogP contribution in [0.4, 0.5) is 5.69 Å². The SMILES string of the molecule is COc1cccc(N2C(=O)C/C(=C/c3c[nH]c4ccccc34)C2=O)c1. The number of aromatic amines is 1. The Morgan fingerprint density at radius 3 is 2.80 bits per heavy atom. The zero-order valence-corrected chi connectivity index (χ0v) is 13.7. The van der Waals surface area contributed by atoms with Gasteiger partial charge in [-0.05, 0) is 24.3 Å². The number of benzene rings is 2. The number of fused-ring (bicyclic) bond motifs is 1. The van der Waals surface area contributed by atoms with Gasteiger partial charge in [0.2, 0.25) is 5.91 Å². The molecular formula is C20H16N2O3. The number of carbonyl (C=O) groups excluding carboxylic acids is 2. The fourth-order valence-electron chi connectivity index (χ4n) is 3.10. The smallest absolute Gasteiger partial charge is 0.261 e. The van der Waals surface area contributed by atoms with Crippen molar-refractivity contribution in [3.05, 3.63) is 65.9 Å². The molecule has 3 aromatic rings. The molecule has 0 bridgehead atoms. The number of H-pyrrole nitrogens is 1. The Labute approximate surface area is 144 Å². The van der Waals surface area contributed by atoms with Crippen LogP contribution in [-0.2, 0) is 9.59 Å². The lowest BCUT2D eigenvalue weighted by Crippen LogP contribution is -2.28. The van der Waals surface area contributed by atoms with E-state index in [9.17, 15) is 9.59 Å². The first kappa shape index (κ1) is 15.2. The molecule has 1 aliphatic rings. The highest BCUT2D eigenvalue weighted by molar-refractivity contribution is 6.29. The molecule has 1 N–H and O–H groups in total. The Kier molecular flexibility index (Phi) is 3.61. The molecule has 2 amide bonds. The maximum Gasteiger partial charge on any atom is 0.261 e. The van der Waals surface area contributed by atoms with Gasteiger partial charge in [-0.3, -0.25) is 9.59 Å². The number of carbonyl (C=O) groups is 2. The first-order valence-corrected chi connectivity index (χ1v) is 7.95. The topological polar surface area (TPSA) is 62.4 Å². The Morgan fingerprint density at radius 1 is 1.12 bits per heavy atom. The standard InChI is InChI=1S/C20H16N2O3/c1-25-16-6-4-5-15(11-16)22-19(23)10-13(20(22)24)9-14-12-21-18-8-3-2-7-17(14)18/h2-9,11-12,21H,10H2,1H3/b13-9-. The van der Waals surface area contributed by atoms with Crippen molar-refractivity contribution in [2.75, 3.05) is 12.0 Å². The van der Waals surface area contributed by atoms with Gasteiger partial charge in [0, 0.05) is 34.3 Å². The number of methoxy groups -OCH3 is 1. The number of hydrogen-bond donors (Lipinski definition) is 1. The number of nitrogens with zero attached hydrogens (tertiary/aromatic N) is 1. The Bertz CT molecular complexity index is 1020. The number of para-hydroxylation sites is 1. The van der Waals surface area contributed by atoms with Crippen LogP contribution >= 0.6 is 0 Å². The molecule has 0 unspecified atom stereocenters. The molecule has 2 aromatic carbocycles. The van der Waals surface area contributed by atoms with E-state index in [1.807, 2.05) is 30.5 Å². The molecule has 0 aliphatic carbocycles. The minimum absolute atomic E-state index is 0.0928. The summed E-state index contributed by atoms with van der Waals surface area (Å²) in [6.07, 6.45) is 3.73. The number of nitrogens with one attached hydrogen (secondary N) is 1. The summed E-state index contributed by atoms with van der Waals surface area (Å²) in [5, 5.41) is 1.02. The van der Waals surface area contributed by atoms with E-state index in [1.54, 1.807) is 37.5 Å². The summed E-state index contributed by atoms with van der Waals surface area (Å²) in [4.78, 5) is 29.6. The molecule has 0 saturated carbocycles. The second-order valence-electron chi connectivity index (χ2n) is 5.87. The van der Waals surface area contributed by atoms with Crippen molar-refractivity contribution in [2.45, 2.75) is 6.42 Å². The highest BCUT2D eigenvalue weighted by Crippen LogP contribution is 2.30. The first-order valence-electron chi connectivity index (χ1n) is 7.95. The lowest BCUT2D eigenvalue weighted by Gasteiger charge is -2.14. The molecule has 1 aliphatic heterocycles. The van der Waals surface area contributed by atoms with Gasteiger partial charge in [0.1, 0.15) is 5.75 Å².